The van der Waals surface area contributed by atoms with E-state index in [1.165, 1.54) is 6.92 Å². The zero-order valence-corrected chi connectivity index (χ0v) is 7.85. The molecule has 76 valence electrons. The Balaban J connectivity index is 3.50. The van der Waals surface area contributed by atoms with Gasteiger partial charge in [-0.25, -0.2) is 8.78 Å². The third-order valence-electron chi connectivity index (χ3n) is 1.70. The molecule has 0 atom stereocenters. The smallest absolute Gasteiger partial charge is 0.268 e. The number of aryl methyl sites for hydroxylation is 1. The number of pyridine rings is 1. The van der Waals surface area contributed by atoms with Gasteiger partial charge in [-0.1, -0.05) is 0 Å². The number of alkyl halides is 2. The van der Waals surface area contributed by atoms with Gasteiger partial charge in [0, 0.05) is 0 Å². The molecular formula is C8H6ClF2NO2. The molecule has 14 heavy (non-hydrogen) atoms. The Bertz CT molecular complexity index is 382. The van der Waals surface area contributed by atoms with E-state index in [2.05, 4.69) is 4.98 Å². The highest BCUT2D eigenvalue weighted by Crippen LogP contribution is 2.32. The van der Waals surface area contributed by atoms with Crippen LogP contribution in [0.5, 0.6) is 5.75 Å². The van der Waals surface area contributed by atoms with Crippen LogP contribution in [0.4, 0.5) is 8.78 Å². The lowest BCUT2D eigenvalue weighted by atomic mass is 10.1. The number of carbonyl (C=O) groups excluding carboxylic acids is 1. The number of hydrogen-bond acceptors (Lipinski definition) is 3. The third-order valence-corrected chi connectivity index (χ3v) is 1.89. The Morgan fingerprint density at radius 1 is 1.64 bits per heavy atom. The Morgan fingerprint density at radius 2 is 2.21 bits per heavy atom. The minimum Gasteiger partial charge on any atom is -0.506 e. The van der Waals surface area contributed by atoms with Gasteiger partial charge in [-0.05, 0) is 18.5 Å². The van der Waals surface area contributed by atoms with Crippen LogP contribution in [0.2, 0.25) is 0 Å². The summed E-state index contributed by atoms with van der Waals surface area (Å²) in [5, 5.41) is 8.03. The van der Waals surface area contributed by atoms with Crippen molar-refractivity contribution in [3.8, 4) is 5.75 Å². The van der Waals surface area contributed by atoms with Crippen molar-refractivity contribution in [1.29, 1.82) is 0 Å². The van der Waals surface area contributed by atoms with Crippen molar-refractivity contribution in [2.24, 2.45) is 0 Å². The molecule has 0 saturated carbocycles. The second-order valence-corrected chi connectivity index (χ2v) is 2.94. The topological polar surface area (TPSA) is 50.2 Å². The molecule has 3 nitrogen and oxygen atoms in total. The molecule has 1 N–H and O–H groups in total. The van der Waals surface area contributed by atoms with E-state index in [9.17, 15) is 13.6 Å². The summed E-state index contributed by atoms with van der Waals surface area (Å²) in [5.74, 6) is -0.727. The molecule has 0 fully saturated rings. The van der Waals surface area contributed by atoms with E-state index in [0.29, 0.717) is 0 Å². The first-order valence-corrected chi connectivity index (χ1v) is 3.99. The molecule has 0 amide bonds. The fourth-order valence-electron chi connectivity index (χ4n) is 1.08. The Kier molecular flexibility index (Phi) is 3.00. The van der Waals surface area contributed by atoms with Crippen molar-refractivity contribution in [2.45, 2.75) is 13.3 Å². The number of aromatic nitrogens is 1. The minimum atomic E-state index is -2.96. The van der Waals surface area contributed by atoms with Gasteiger partial charge < -0.3 is 5.11 Å². The predicted molar refractivity (Wildman–Crippen MR) is 45.8 cm³/mol. The van der Waals surface area contributed by atoms with Crippen molar-refractivity contribution < 1.29 is 18.7 Å². The highest BCUT2D eigenvalue weighted by atomic mass is 35.5. The second kappa shape index (κ2) is 3.88. The zero-order chi connectivity index (χ0) is 10.9. The maximum Gasteiger partial charge on any atom is 0.268 e. The van der Waals surface area contributed by atoms with Gasteiger partial charge in [-0.15, -0.1) is 0 Å². The molecule has 0 aliphatic rings. The van der Waals surface area contributed by atoms with Crippen LogP contribution in [0.25, 0.3) is 0 Å². The van der Waals surface area contributed by atoms with Gasteiger partial charge >= 0.3 is 0 Å². The molecule has 1 heterocycles. The molecule has 6 heteroatoms. The van der Waals surface area contributed by atoms with Gasteiger partial charge in [0.15, 0.2) is 0 Å². The van der Waals surface area contributed by atoms with Crippen LogP contribution in [0.15, 0.2) is 6.20 Å². The van der Waals surface area contributed by atoms with Gasteiger partial charge in [0.05, 0.1) is 23.0 Å². The van der Waals surface area contributed by atoms with Crippen molar-refractivity contribution in [3.63, 3.8) is 0 Å². The van der Waals surface area contributed by atoms with Crippen molar-refractivity contribution in [2.75, 3.05) is 0 Å². The number of nitrogens with zero attached hydrogens (tertiary/aromatic N) is 1. The Labute approximate surface area is 83.3 Å². The maximum absolute atomic E-state index is 12.4. The van der Waals surface area contributed by atoms with Crippen LogP contribution in [0.3, 0.4) is 0 Å². The van der Waals surface area contributed by atoms with Crippen molar-refractivity contribution >= 4 is 16.8 Å². The number of carbonyl (C=O) groups is 1. The molecule has 1 rings (SSSR count). The predicted octanol–water partition coefficient (Wildman–Crippen LogP) is 2.41. The van der Waals surface area contributed by atoms with Crippen molar-refractivity contribution in [3.05, 3.63) is 23.0 Å². The monoisotopic (exact) mass is 221 g/mol. The lowest BCUT2D eigenvalue weighted by Gasteiger charge is -2.08. The molecule has 1 aromatic rings. The first-order chi connectivity index (χ1) is 6.45. The molecule has 0 saturated heterocycles. The van der Waals surface area contributed by atoms with E-state index in [-0.39, 0.29) is 5.69 Å². The average Bonchev–Trinajstić information content (AvgIpc) is 2.07. The van der Waals surface area contributed by atoms with Gasteiger partial charge in [0.2, 0.25) is 0 Å². The summed E-state index contributed by atoms with van der Waals surface area (Å²) in [4.78, 5) is 14.4. The van der Waals surface area contributed by atoms with E-state index >= 15 is 0 Å². The SMILES string of the molecule is Cc1ncc(O)c(C(F)F)c1C(=O)Cl. The molecule has 1 aromatic heterocycles. The van der Waals surface area contributed by atoms with E-state index in [1.54, 1.807) is 0 Å². The summed E-state index contributed by atoms with van der Waals surface area (Å²) in [5.41, 5.74) is -1.13. The van der Waals surface area contributed by atoms with E-state index in [1.807, 2.05) is 0 Å². The molecule has 0 aliphatic carbocycles. The molecule has 0 spiro atoms. The first-order valence-electron chi connectivity index (χ1n) is 3.61. The van der Waals surface area contributed by atoms with Crippen LogP contribution < -0.4 is 0 Å². The standard InChI is InChI=1S/C8H6ClF2NO2/c1-3-5(7(9)14)6(8(10)11)4(13)2-12-3/h2,8,13H,1H3. The minimum absolute atomic E-state index is 0.0677. The highest BCUT2D eigenvalue weighted by Gasteiger charge is 2.24. The number of rotatable bonds is 2. The van der Waals surface area contributed by atoms with Gasteiger partial charge in [-0.2, -0.15) is 0 Å². The van der Waals surface area contributed by atoms with Crippen LogP contribution in [-0.2, 0) is 0 Å². The lowest BCUT2D eigenvalue weighted by molar-refractivity contribution is 0.106. The summed E-state index contributed by atoms with van der Waals surface area (Å²) in [6.07, 6.45) is -2.10. The normalized spacial score (nSPS) is 10.6. The fraction of sp³-hybridized carbons (Fsp3) is 0.250. The van der Waals surface area contributed by atoms with Gasteiger partial charge in [0.1, 0.15) is 5.75 Å². The van der Waals surface area contributed by atoms with Gasteiger partial charge in [0.25, 0.3) is 11.7 Å². The zero-order valence-electron chi connectivity index (χ0n) is 7.09. The first kappa shape index (κ1) is 10.8. The van der Waals surface area contributed by atoms with Crippen LogP contribution in [0, 0.1) is 6.92 Å². The Morgan fingerprint density at radius 3 is 2.57 bits per heavy atom. The molecular weight excluding hydrogens is 216 g/mol. The fourth-order valence-corrected chi connectivity index (χ4v) is 1.32. The largest absolute Gasteiger partial charge is 0.506 e. The maximum atomic E-state index is 12.4. The number of aromatic hydroxyl groups is 1. The van der Waals surface area contributed by atoms with E-state index in [4.69, 9.17) is 16.7 Å². The summed E-state index contributed by atoms with van der Waals surface area (Å²) in [6.45, 7) is 1.36. The summed E-state index contributed by atoms with van der Waals surface area (Å²) < 4.78 is 24.9. The summed E-state index contributed by atoms with van der Waals surface area (Å²) in [7, 11) is 0. The highest BCUT2D eigenvalue weighted by molar-refractivity contribution is 6.68. The summed E-state index contributed by atoms with van der Waals surface area (Å²) >= 11 is 5.11. The number of hydrogen-bond donors (Lipinski definition) is 1. The van der Waals surface area contributed by atoms with Crippen molar-refractivity contribution in [1.82, 2.24) is 4.98 Å². The van der Waals surface area contributed by atoms with Crippen LogP contribution in [-0.4, -0.2) is 15.3 Å². The van der Waals surface area contributed by atoms with E-state index < -0.39 is 28.5 Å². The summed E-state index contributed by atoms with van der Waals surface area (Å²) in [6, 6.07) is 0. The molecule has 0 bridgehead atoms. The molecule has 0 aliphatic heterocycles. The molecule has 0 radical (unpaired) electrons. The third kappa shape index (κ3) is 1.82. The second-order valence-electron chi connectivity index (χ2n) is 2.59. The lowest BCUT2D eigenvalue weighted by Crippen LogP contribution is -2.03. The van der Waals surface area contributed by atoms with Crippen LogP contribution >= 0.6 is 11.6 Å². The molecule has 0 aromatic carbocycles. The molecule has 0 unspecified atom stereocenters. The van der Waals surface area contributed by atoms with Crippen LogP contribution in [0.1, 0.15) is 28.0 Å². The van der Waals surface area contributed by atoms with Gasteiger partial charge in [-0.3, -0.25) is 9.78 Å². The van der Waals surface area contributed by atoms with E-state index in [0.717, 1.165) is 6.20 Å². The number of halogens is 3. The average molecular weight is 222 g/mol. The Hall–Kier alpha value is -1.23. The quantitative estimate of drug-likeness (QED) is 0.781.